The first-order valence-corrected chi connectivity index (χ1v) is 11.2. The molecule has 1 aliphatic carbocycles. The molecule has 1 heterocycles. The quantitative estimate of drug-likeness (QED) is 0.447. The lowest BCUT2D eigenvalue weighted by Crippen LogP contribution is -2.23. The Morgan fingerprint density at radius 1 is 1.07 bits per heavy atom. The van der Waals surface area contributed by atoms with Crippen LogP contribution in [0.4, 0.5) is 5.69 Å². The molecule has 0 aliphatic heterocycles. The fourth-order valence-electron chi connectivity index (χ4n) is 3.71. The van der Waals surface area contributed by atoms with Crippen molar-refractivity contribution in [3.8, 4) is 5.69 Å². The molecular weight excluding hydrogens is 394 g/mol. The maximum atomic E-state index is 12.8. The summed E-state index contributed by atoms with van der Waals surface area (Å²) in [6, 6.07) is 17.3. The fourth-order valence-corrected chi connectivity index (χ4v) is 4.68. The molecule has 5 nitrogen and oxygen atoms in total. The first kappa shape index (κ1) is 20.4. The number of amides is 1. The minimum absolute atomic E-state index is 0.0241. The molecule has 0 bridgehead atoms. The summed E-state index contributed by atoms with van der Waals surface area (Å²) in [7, 11) is 0. The molecule has 1 unspecified atom stereocenters. The third-order valence-corrected chi connectivity index (χ3v) is 6.36. The van der Waals surface area contributed by atoms with Crippen LogP contribution in [-0.4, -0.2) is 26.5 Å². The van der Waals surface area contributed by atoms with Gasteiger partial charge < -0.3 is 5.32 Å². The van der Waals surface area contributed by atoms with Crippen LogP contribution >= 0.6 is 11.8 Å². The molecule has 0 spiro atoms. The number of nitrogens with zero attached hydrogens (tertiary/aromatic N) is 2. The maximum absolute atomic E-state index is 12.8. The zero-order valence-corrected chi connectivity index (χ0v) is 18.0. The minimum atomic E-state index is -0.336. The van der Waals surface area contributed by atoms with Crippen LogP contribution in [0.5, 0.6) is 0 Å². The number of hydrogen-bond donors (Lipinski definition) is 1. The van der Waals surface area contributed by atoms with Gasteiger partial charge in [0.1, 0.15) is 0 Å². The predicted molar refractivity (Wildman–Crippen MR) is 121 cm³/mol. The second kappa shape index (κ2) is 8.88. The zero-order valence-electron chi connectivity index (χ0n) is 17.2. The summed E-state index contributed by atoms with van der Waals surface area (Å²) >= 11 is 1.47. The van der Waals surface area contributed by atoms with Crippen LogP contribution in [0.25, 0.3) is 5.69 Å². The number of imidazole rings is 1. The highest BCUT2D eigenvalue weighted by molar-refractivity contribution is 8.00. The van der Waals surface area contributed by atoms with Crippen molar-refractivity contribution in [2.45, 2.75) is 49.9 Å². The Balaban J connectivity index is 1.56. The summed E-state index contributed by atoms with van der Waals surface area (Å²) in [5, 5.41) is 3.45. The highest BCUT2D eigenvalue weighted by Gasteiger charge is 2.24. The molecule has 6 heteroatoms. The van der Waals surface area contributed by atoms with Crippen molar-refractivity contribution < 1.29 is 9.59 Å². The standard InChI is InChI=1S/C24H25N3O2S/c1-16(28)18-9-8-10-19(15-18)25-23(29)17(2)30-24-26-21-13-6-7-14-22(21)27(24)20-11-4-3-5-12-20/h3-5,8-12,15,17H,6-7,13-14H2,1-2H3,(H,25,29). The monoisotopic (exact) mass is 419 g/mol. The van der Waals surface area contributed by atoms with Crippen molar-refractivity contribution in [2.24, 2.45) is 0 Å². The predicted octanol–water partition coefficient (Wildman–Crippen LogP) is 5.07. The Labute approximate surface area is 180 Å². The highest BCUT2D eigenvalue weighted by Crippen LogP contribution is 2.32. The maximum Gasteiger partial charge on any atom is 0.237 e. The molecule has 0 fully saturated rings. The van der Waals surface area contributed by atoms with Gasteiger partial charge in [-0.2, -0.15) is 0 Å². The Bertz CT molecular complexity index is 1080. The molecule has 0 saturated carbocycles. The number of Topliss-reactive ketones (excluding diaryl/α,β-unsaturated/α-hetero) is 1. The number of ketones is 1. The van der Waals surface area contributed by atoms with Gasteiger partial charge in [-0.05, 0) is 63.8 Å². The fraction of sp³-hybridized carbons (Fsp3) is 0.292. The summed E-state index contributed by atoms with van der Waals surface area (Å²) in [6.07, 6.45) is 4.32. The number of nitrogens with one attached hydrogen (secondary N) is 1. The van der Waals surface area contributed by atoms with Crippen molar-refractivity contribution in [3.05, 3.63) is 71.5 Å². The normalized spacial score (nSPS) is 14.1. The number of carbonyl (C=O) groups excluding carboxylic acids is 2. The van der Waals surface area contributed by atoms with E-state index in [2.05, 4.69) is 22.0 Å². The topological polar surface area (TPSA) is 64.0 Å². The molecule has 30 heavy (non-hydrogen) atoms. The van der Waals surface area contributed by atoms with Gasteiger partial charge >= 0.3 is 0 Å². The van der Waals surface area contributed by atoms with Crippen LogP contribution in [0.1, 0.15) is 48.4 Å². The first-order valence-electron chi connectivity index (χ1n) is 10.3. The highest BCUT2D eigenvalue weighted by atomic mass is 32.2. The third-order valence-electron chi connectivity index (χ3n) is 5.30. The van der Waals surface area contributed by atoms with E-state index < -0.39 is 0 Å². The van der Waals surface area contributed by atoms with Gasteiger partial charge in [0.15, 0.2) is 10.9 Å². The van der Waals surface area contributed by atoms with Crippen LogP contribution < -0.4 is 5.32 Å². The lowest BCUT2D eigenvalue weighted by Gasteiger charge is -2.16. The van der Waals surface area contributed by atoms with Crippen molar-refractivity contribution >= 4 is 29.1 Å². The number of benzene rings is 2. The summed E-state index contributed by atoms with van der Waals surface area (Å²) in [6.45, 7) is 3.41. The summed E-state index contributed by atoms with van der Waals surface area (Å²) in [5.74, 6) is -0.134. The van der Waals surface area contributed by atoms with Crippen LogP contribution in [0.3, 0.4) is 0 Å². The molecule has 2 aromatic carbocycles. The van der Waals surface area contributed by atoms with Gasteiger partial charge in [0.25, 0.3) is 0 Å². The molecule has 1 atom stereocenters. The van der Waals surface area contributed by atoms with E-state index in [1.165, 1.54) is 24.4 Å². The van der Waals surface area contributed by atoms with Crippen LogP contribution in [-0.2, 0) is 17.6 Å². The van der Waals surface area contributed by atoms with Gasteiger partial charge in [0, 0.05) is 22.6 Å². The molecule has 1 N–H and O–H groups in total. The van der Waals surface area contributed by atoms with Crippen molar-refractivity contribution in [3.63, 3.8) is 0 Å². The van der Waals surface area contributed by atoms with E-state index in [9.17, 15) is 9.59 Å². The lowest BCUT2D eigenvalue weighted by molar-refractivity contribution is -0.115. The van der Waals surface area contributed by atoms with Gasteiger partial charge in [-0.25, -0.2) is 4.98 Å². The third kappa shape index (κ3) is 4.33. The van der Waals surface area contributed by atoms with E-state index in [-0.39, 0.29) is 16.9 Å². The van der Waals surface area contributed by atoms with Gasteiger partial charge in [0.05, 0.1) is 10.9 Å². The minimum Gasteiger partial charge on any atom is -0.325 e. The molecule has 1 aromatic heterocycles. The Morgan fingerprint density at radius 2 is 1.83 bits per heavy atom. The van der Waals surface area contributed by atoms with Crippen LogP contribution in [0.2, 0.25) is 0 Å². The molecule has 154 valence electrons. The summed E-state index contributed by atoms with van der Waals surface area (Å²) in [4.78, 5) is 29.3. The number of fused-ring (bicyclic) bond motifs is 1. The van der Waals surface area contributed by atoms with Gasteiger partial charge in [-0.15, -0.1) is 0 Å². The molecule has 4 rings (SSSR count). The number of aryl methyl sites for hydroxylation is 1. The molecule has 0 radical (unpaired) electrons. The van der Waals surface area contributed by atoms with Crippen molar-refractivity contribution in [2.75, 3.05) is 5.32 Å². The molecule has 1 amide bonds. The Kier molecular flexibility index (Phi) is 6.04. The number of hydrogen-bond acceptors (Lipinski definition) is 4. The molecule has 1 aliphatic rings. The lowest BCUT2D eigenvalue weighted by atomic mass is 10.0. The van der Waals surface area contributed by atoms with Crippen molar-refractivity contribution in [1.82, 2.24) is 9.55 Å². The van der Waals surface area contributed by atoms with E-state index in [1.54, 1.807) is 24.3 Å². The average molecular weight is 420 g/mol. The largest absolute Gasteiger partial charge is 0.325 e. The molecular formula is C24H25N3O2S. The van der Waals surface area contributed by atoms with E-state index in [0.29, 0.717) is 11.3 Å². The van der Waals surface area contributed by atoms with E-state index in [4.69, 9.17) is 4.98 Å². The number of para-hydroxylation sites is 1. The Morgan fingerprint density at radius 3 is 2.60 bits per heavy atom. The number of thioether (sulfide) groups is 1. The van der Waals surface area contributed by atoms with Gasteiger partial charge in [0.2, 0.25) is 5.91 Å². The summed E-state index contributed by atoms with van der Waals surface area (Å²) in [5.41, 5.74) is 4.70. The number of aromatic nitrogens is 2. The van der Waals surface area contributed by atoms with Crippen molar-refractivity contribution in [1.29, 1.82) is 0 Å². The average Bonchev–Trinajstić information content (AvgIpc) is 3.12. The second-order valence-corrected chi connectivity index (χ2v) is 8.86. The van der Waals surface area contributed by atoms with E-state index in [0.717, 1.165) is 42.2 Å². The van der Waals surface area contributed by atoms with Gasteiger partial charge in [-0.3, -0.25) is 14.2 Å². The zero-order chi connectivity index (χ0) is 21.1. The SMILES string of the molecule is CC(=O)c1cccc(NC(=O)C(C)Sc2nc3c(n2-c2ccccc2)CCCC3)c1. The van der Waals surface area contributed by atoms with Crippen LogP contribution in [0.15, 0.2) is 59.8 Å². The molecule has 0 saturated heterocycles. The number of anilines is 1. The second-order valence-electron chi connectivity index (χ2n) is 7.55. The van der Waals surface area contributed by atoms with E-state index in [1.807, 2.05) is 25.1 Å². The van der Waals surface area contributed by atoms with Crippen LogP contribution in [0, 0.1) is 0 Å². The Hall–Kier alpha value is -2.86. The van der Waals surface area contributed by atoms with E-state index >= 15 is 0 Å². The smallest absolute Gasteiger partial charge is 0.237 e. The number of carbonyl (C=O) groups is 2. The summed E-state index contributed by atoms with van der Waals surface area (Å²) < 4.78 is 2.21. The van der Waals surface area contributed by atoms with Gasteiger partial charge in [-0.1, -0.05) is 42.1 Å². The first-order chi connectivity index (χ1) is 14.5. The molecule has 3 aromatic rings. The number of rotatable bonds is 6.